The summed E-state index contributed by atoms with van der Waals surface area (Å²) >= 11 is 6.59. The number of ether oxygens (including phenoxy) is 1. The molecule has 1 amide bonds. The van der Waals surface area contributed by atoms with Crippen LogP contribution < -0.4 is 5.43 Å². The molecule has 0 aromatic rings. The van der Waals surface area contributed by atoms with E-state index < -0.39 is 12.3 Å². The fourth-order valence-electron chi connectivity index (χ4n) is 4.63. The number of carbonyl (C=O) groups is 1. The molecule has 1 saturated carbocycles. The second-order valence-electron chi connectivity index (χ2n) is 8.57. The summed E-state index contributed by atoms with van der Waals surface area (Å²) in [6.45, 7) is 4.49. The highest BCUT2D eigenvalue weighted by Crippen LogP contribution is 2.29. The molecule has 1 aliphatic carbocycles. The lowest BCUT2D eigenvalue weighted by molar-refractivity contribution is -0.140. The number of likely N-dealkylation sites (tertiary alicyclic amines) is 1. The van der Waals surface area contributed by atoms with Crippen molar-refractivity contribution in [2.45, 2.75) is 108 Å². The van der Waals surface area contributed by atoms with Crippen LogP contribution >= 0.6 is 11.6 Å². The van der Waals surface area contributed by atoms with Crippen molar-refractivity contribution in [3.05, 3.63) is 0 Å². The van der Waals surface area contributed by atoms with Crippen molar-refractivity contribution in [1.29, 1.82) is 0 Å². The van der Waals surface area contributed by atoms with Gasteiger partial charge in [-0.1, -0.05) is 32.1 Å². The van der Waals surface area contributed by atoms with E-state index in [-0.39, 0.29) is 30.1 Å². The minimum Gasteiger partial charge on any atom is -0.372 e. The van der Waals surface area contributed by atoms with Gasteiger partial charge < -0.3 is 9.64 Å². The molecule has 5 nitrogen and oxygen atoms in total. The zero-order valence-electron chi connectivity index (χ0n) is 16.7. The molecule has 2 heterocycles. The molecule has 3 rings (SSSR count). The normalized spacial score (nSPS) is 34.6. The van der Waals surface area contributed by atoms with Crippen molar-refractivity contribution in [1.82, 2.24) is 15.3 Å². The van der Waals surface area contributed by atoms with Gasteiger partial charge in [0.05, 0.1) is 18.8 Å². The van der Waals surface area contributed by atoms with E-state index in [1.165, 1.54) is 32.1 Å². The maximum atomic E-state index is 14.5. The predicted molar refractivity (Wildman–Crippen MR) is 105 cm³/mol. The van der Waals surface area contributed by atoms with Gasteiger partial charge in [-0.15, -0.1) is 11.6 Å². The molecule has 3 fully saturated rings. The highest BCUT2D eigenvalue weighted by Gasteiger charge is 2.41. The van der Waals surface area contributed by atoms with E-state index in [0.717, 1.165) is 12.8 Å². The van der Waals surface area contributed by atoms with Crippen molar-refractivity contribution in [2.75, 3.05) is 13.1 Å². The number of amides is 1. The Morgan fingerprint density at radius 1 is 1.15 bits per heavy atom. The average Bonchev–Trinajstić information content (AvgIpc) is 2.97. The summed E-state index contributed by atoms with van der Waals surface area (Å²) in [4.78, 5) is 14.6. The van der Waals surface area contributed by atoms with Crippen LogP contribution in [-0.2, 0) is 9.53 Å². The molecular formula is C20H35ClFN3O2. The van der Waals surface area contributed by atoms with Crippen LogP contribution in [0.1, 0.15) is 71.6 Å². The number of hydrogen-bond acceptors (Lipinski definition) is 4. The van der Waals surface area contributed by atoms with Crippen LogP contribution in [0.3, 0.4) is 0 Å². The van der Waals surface area contributed by atoms with Gasteiger partial charge in [-0.25, -0.2) is 14.8 Å². The van der Waals surface area contributed by atoms with E-state index in [9.17, 15) is 9.18 Å². The molecular weight excluding hydrogens is 369 g/mol. The number of hydrogen-bond donors (Lipinski definition) is 1. The Balaban J connectivity index is 1.53. The predicted octanol–water partition coefficient (Wildman–Crippen LogP) is 3.61. The maximum Gasteiger partial charge on any atom is 0.241 e. The first kappa shape index (κ1) is 21.3. The van der Waals surface area contributed by atoms with E-state index in [1.807, 2.05) is 13.8 Å². The second kappa shape index (κ2) is 9.86. The quantitative estimate of drug-likeness (QED) is 0.575. The SMILES string of the molecule is CC(C)O[C@H]1CCN(C(=O)C2CC(Cl)N(C3CCCCCCC3)N2)C[C@H]1F. The molecule has 27 heavy (non-hydrogen) atoms. The lowest BCUT2D eigenvalue weighted by atomic mass is 9.96. The van der Waals surface area contributed by atoms with Crippen LogP contribution in [0.2, 0.25) is 0 Å². The van der Waals surface area contributed by atoms with Gasteiger partial charge in [-0.3, -0.25) is 4.79 Å². The van der Waals surface area contributed by atoms with Gasteiger partial charge in [0.15, 0.2) is 0 Å². The van der Waals surface area contributed by atoms with Gasteiger partial charge in [0.25, 0.3) is 0 Å². The summed E-state index contributed by atoms with van der Waals surface area (Å²) in [6, 6.07) is 0.0532. The van der Waals surface area contributed by atoms with E-state index in [4.69, 9.17) is 16.3 Å². The molecule has 1 N–H and O–H groups in total. The monoisotopic (exact) mass is 403 g/mol. The summed E-state index contributed by atoms with van der Waals surface area (Å²) in [7, 11) is 0. The van der Waals surface area contributed by atoms with Gasteiger partial charge in [0.1, 0.15) is 17.7 Å². The number of nitrogens with zero attached hydrogens (tertiary/aromatic N) is 2. The third-order valence-corrected chi connectivity index (χ3v) is 6.43. The number of piperidine rings is 1. The Labute approximate surface area is 167 Å². The number of hydrazine groups is 1. The van der Waals surface area contributed by atoms with Crippen LogP contribution in [0, 0.1) is 0 Å². The third kappa shape index (κ3) is 5.55. The standard InChI is InChI=1S/C20H35ClFN3O2/c1-14(2)27-18-10-11-24(13-16(18)22)20(26)17-12-19(21)25(23-17)15-8-6-4-3-5-7-9-15/h14-19,23H,3-13H2,1-2H3/t16-,17?,18+,19?/m1/s1. The molecule has 2 aliphatic heterocycles. The van der Waals surface area contributed by atoms with Gasteiger partial charge in [-0.05, 0) is 33.1 Å². The van der Waals surface area contributed by atoms with Crippen molar-refractivity contribution in [3.8, 4) is 0 Å². The Morgan fingerprint density at radius 3 is 2.44 bits per heavy atom. The van der Waals surface area contributed by atoms with Crippen molar-refractivity contribution in [2.24, 2.45) is 0 Å². The van der Waals surface area contributed by atoms with Gasteiger partial charge >= 0.3 is 0 Å². The first-order valence-electron chi connectivity index (χ1n) is 10.7. The minimum atomic E-state index is -1.12. The first-order valence-corrected chi connectivity index (χ1v) is 11.2. The van der Waals surface area contributed by atoms with E-state index in [0.29, 0.717) is 25.4 Å². The Hall–Kier alpha value is -0.430. The molecule has 0 bridgehead atoms. The van der Waals surface area contributed by atoms with E-state index >= 15 is 0 Å². The van der Waals surface area contributed by atoms with Crippen LogP contribution in [0.15, 0.2) is 0 Å². The van der Waals surface area contributed by atoms with Gasteiger partial charge in [-0.2, -0.15) is 0 Å². The number of rotatable bonds is 4. The van der Waals surface area contributed by atoms with Crippen molar-refractivity contribution in [3.63, 3.8) is 0 Å². The Kier molecular flexibility index (Phi) is 7.77. The van der Waals surface area contributed by atoms with Crippen molar-refractivity contribution < 1.29 is 13.9 Å². The largest absolute Gasteiger partial charge is 0.372 e. The van der Waals surface area contributed by atoms with Gasteiger partial charge in [0, 0.05) is 19.0 Å². The summed E-state index contributed by atoms with van der Waals surface area (Å²) in [5, 5.41) is 2.11. The molecule has 2 saturated heterocycles. The van der Waals surface area contributed by atoms with Crippen molar-refractivity contribution >= 4 is 17.5 Å². The zero-order chi connectivity index (χ0) is 19.4. The molecule has 0 radical (unpaired) electrons. The summed E-state index contributed by atoms with van der Waals surface area (Å²) in [5.74, 6) is -0.0281. The van der Waals surface area contributed by atoms with Crippen LogP contribution in [0.4, 0.5) is 4.39 Å². The molecule has 156 valence electrons. The molecule has 4 atom stereocenters. The Morgan fingerprint density at radius 2 is 1.81 bits per heavy atom. The number of halogens is 2. The fraction of sp³-hybridized carbons (Fsp3) is 0.950. The average molecular weight is 404 g/mol. The summed E-state index contributed by atoms with van der Waals surface area (Å²) in [5.41, 5.74) is 3.20. The summed E-state index contributed by atoms with van der Waals surface area (Å²) in [6.07, 6.45) is 8.19. The van der Waals surface area contributed by atoms with Crippen LogP contribution in [0.25, 0.3) is 0 Å². The molecule has 0 spiro atoms. The first-order chi connectivity index (χ1) is 13.0. The second-order valence-corrected chi connectivity index (χ2v) is 9.07. The van der Waals surface area contributed by atoms with Gasteiger partial charge in [0.2, 0.25) is 5.91 Å². The molecule has 0 aromatic carbocycles. The van der Waals surface area contributed by atoms with Crippen LogP contribution in [-0.4, -0.2) is 64.9 Å². The highest BCUT2D eigenvalue weighted by atomic mass is 35.5. The Bertz CT molecular complexity index is 488. The number of nitrogens with one attached hydrogen (secondary N) is 1. The molecule has 3 aliphatic rings. The number of alkyl halides is 2. The minimum absolute atomic E-state index is 0.00124. The van der Waals surface area contributed by atoms with E-state index in [1.54, 1.807) is 4.90 Å². The lowest BCUT2D eigenvalue weighted by Crippen LogP contribution is -2.54. The van der Waals surface area contributed by atoms with Crippen LogP contribution in [0.5, 0.6) is 0 Å². The zero-order valence-corrected chi connectivity index (χ0v) is 17.5. The third-order valence-electron chi connectivity index (χ3n) is 6.04. The highest BCUT2D eigenvalue weighted by molar-refractivity contribution is 6.20. The molecule has 2 unspecified atom stereocenters. The fourth-order valence-corrected chi connectivity index (χ4v) is 5.03. The summed E-state index contributed by atoms with van der Waals surface area (Å²) < 4.78 is 20.1. The maximum absolute atomic E-state index is 14.5. The topological polar surface area (TPSA) is 44.8 Å². The molecule has 0 aromatic heterocycles. The smallest absolute Gasteiger partial charge is 0.241 e. The van der Waals surface area contributed by atoms with E-state index in [2.05, 4.69) is 10.4 Å². The molecule has 7 heteroatoms. The number of carbonyl (C=O) groups excluding carboxylic acids is 1. The lowest BCUT2D eigenvalue weighted by Gasteiger charge is -2.37.